The summed E-state index contributed by atoms with van der Waals surface area (Å²) in [6, 6.07) is 10.7. The number of ether oxygens (including phenoxy) is 2. The summed E-state index contributed by atoms with van der Waals surface area (Å²) in [6.07, 6.45) is 1.35. The number of rotatable bonds is 4. The third-order valence-corrected chi connectivity index (χ3v) is 5.40. The molecule has 1 aliphatic rings. The molecule has 0 unspecified atom stereocenters. The van der Waals surface area contributed by atoms with Gasteiger partial charge in [-0.2, -0.15) is 5.10 Å². The van der Waals surface area contributed by atoms with Crippen molar-refractivity contribution in [2.24, 2.45) is 0 Å². The summed E-state index contributed by atoms with van der Waals surface area (Å²) in [6.45, 7) is 1.72. The van der Waals surface area contributed by atoms with E-state index in [0.717, 1.165) is 4.90 Å². The molecule has 0 saturated carbocycles. The molecule has 0 fully saturated rings. The number of aromatic nitrogens is 3. The van der Waals surface area contributed by atoms with Crippen LogP contribution in [0.2, 0.25) is 0 Å². The maximum Gasteiger partial charge on any atom is 0.267 e. The van der Waals surface area contributed by atoms with Crippen molar-refractivity contribution in [3.05, 3.63) is 71.3 Å². The van der Waals surface area contributed by atoms with Gasteiger partial charge in [-0.1, -0.05) is 6.07 Å². The average molecular weight is 432 g/mol. The van der Waals surface area contributed by atoms with Gasteiger partial charge in [-0.3, -0.25) is 9.59 Å². The minimum Gasteiger partial charge on any atom is -0.497 e. The standard InChI is InChI=1S/C23H17FN4O4/c1-12-19-20-16(11-25-21(19)28(26-12)14-6-4-5-13(24)9-14)22(29)27(23(20)30)17-8-7-15(31-2)10-18(17)32-3/h4-11H,1-3H3. The van der Waals surface area contributed by atoms with E-state index in [1.54, 1.807) is 37.3 Å². The minimum absolute atomic E-state index is 0.169. The molecule has 32 heavy (non-hydrogen) atoms. The number of benzene rings is 2. The van der Waals surface area contributed by atoms with Crippen LogP contribution in [0.3, 0.4) is 0 Å². The predicted molar refractivity (Wildman–Crippen MR) is 114 cm³/mol. The first kappa shape index (κ1) is 19.7. The van der Waals surface area contributed by atoms with Crippen LogP contribution in [-0.4, -0.2) is 40.8 Å². The largest absolute Gasteiger partial charge is 0.497 e. The fraction of sp³-hybridized carbons (Fsp3) is 0.130. The van der Waals surface area contributed by atoms with Crippen LogP contribution in [0.4, 0.5) is 10.1 Å². The molecule has 0 spiro atoms. The topological polar surface area (TPSA) is 86.5 Å². The average Bonchev–Trinajstić information content (AvgIpc) is 3.27. The van der Waals surface area contributed by atoms with Gasteiger partial charge in [0.15, 0.2) is 5.65 Å². The minimum atomic E-state index is -0.513. The maximum atomic E-state index is 13.8. The second-order valence-electron chi connectivity index (χ2n) is 7.21. The molecule has 160 valence electrons. The van der Waals surface area contributed by atoms with Crippen LogP contribution in [0.1, 0.15) is 26.4 Å². The highest BCUT2D eigenvalue weighted by Crippen LogP contribution is 2.39. The molecule has 0 aliphatic carbocycles. The molecule has 9 heteroatoms. The Balaban J connectivity index is 1.69. The van der Waals surface area contributed by atoms with Crippen LogP contribution in [0.25, 0.3) is 16.7 Å². The molecule has 2 aromatic carbocycles. The lowest BCUT2D eigenvalue weighted by Crippen LogP contribution is -2.29. The number of imide groups is 1. The monoisotopic (exact) mass is 432 g/mol. The van der Waals surface area contributed by atoms with Crippen molar-refractivity contribution >= 4 is 28.5 Å². The number of hydrogen-bond donors (Lipinski definition) is 0. The molecule has 5 rings (SSSR count). The van der Waals surface area contributed by atoms with E-state index in [2.05, 4.69) is 10.1 Å². The number of carbonyl (C=O) groups is 2. The highest BCUT2D eigenvalue weighted by atomic mass is 19.1. The predicted octanol–water partition coefficient (Wildman–Crippen LogP) is 3.69. The molecule has 0 atom stereocenters. The summed E-state index contributed by atoms with van der Waals surface area (Å²) >= 11 is 0. The Bertz CT molecular complexity index is 1430. The van der Waals surface area contributed by atoms with Crippen molar-refractivity contribution in [3.8, 4) is 17.2 Å². The fourth-order valence-electron chi connectivity index (χ4n) is 3.94. The molecule has 4 aromatic rings. The second-order valence-corrected chi connectivity index (χ2v) is 7.21. The number of amides is 2. The van der Waals surface area contributed by atoms with E-state index < -0.39 is 17.6 Å². The van der Waals surface area contributed by atoms with E-state index in [0.29, 0.717) is 39.6 Å². The van der Waals surface area contributed by atoms with Gasteiger partial charge in [0, 0.05) is 12.3 Å². The first-order chi connectivity index (χ1) is 15.4. The van der Waals surface area contributed by atoms with Crippen molar-refractivity contribution in [3.63, 3.8) is 0 Å². The normalized spacial score (nSPS) is 13.1. The van der Waals surface area contributed by atoms with Crippen molar-refractivity contribution in [1.82, 2.24) is 14.8 Å². The second kappa shape index (κ2) is 7.16. The van der Waals surface area contributed by atoms with E-state index >= 15 is 0 Å². The molecule has 2 aromatic heterocycles. The van der Waals surface area contributed by atoms with E-state index in [1.807, 2.05) is 0 Å². The van der Waals surface area contributed by atoms with Gasteiger partial charge < -0.3 is 9.47 Å². The van der Waals surface area contributed by atoms with E-state index in [-0.39, 0.29) is 11.1 Å². The lowest BCUT2D eigenvalue weighted by molar-refractivity contribution is 0.0925. The first-order valence-corrected chi connectivity index (χ1v) is 9.69. The molecule has 8 nitrogen and oxygen atoms in total. The summed E-state index contributed by atoms with van der Waals surface area (Å²) in [5, 5.41) is 4.90. The van der Waals surface area contributed by atoms with Crippen LogP contribution >= 0.6 is 0 Å². The Kier molecular flexibility index (Phi) is 4.40. The van der Waals surface area contributed by atoms with Gasteiger partial charge in [-0.25, -0.2) is 19.0 Å². The summed E-state index contributed by atoms with van der Waals surface area (Å²) in [7, 11) is 2.96. The van der Waals surface area contributed by atoms with E-state index in [4.69, 9.17) is 9.47 Å². The number of hydrogen-bond acceptors (Lipinski definition) is 6. The quantitative estimate of drug-likeness (QED) is 0.457. The fourth-order valence-corrected chi connectivity index (χ4v) is 3.94. The Morgan fingerprint density at radius 2 is 1.81 bits per heavy atom. The van der Waals surface area contributed by atoms with Gasteiger partial charge in [-0.15, -0.1) is 0 Å². The van der Waals surface area contributed by atoms with E-state index in [1.165, 1.54) is 37.2 Å². The number of anilines is 1. The van der Waals surface area contributed by atoms with E-state index in [9.17, 15) is 14.0 Å². The third kappa shape index (κ3) is 2.74. The highest BCUT2D eigenvalue weighted by molar-refractivity contribution is 6.37. The van der Waals surface area contributed by atoms with Crippen LogP contribution in [0.5, 0.6) is 11.5 Å². The summed E-state index contributed by atoms with van der Waals surface area (Å²) in [5.74, 6) is -0.605. The number of pyridine rings is 1. The van der Waals surface area contributed by atoms with Gasteiger partial charge >= 0.3 is 0 Å². The number of aryl methyl sites for hydroxylation is 1. The molecule has 1 aliphatic heterocycles. The van der Waals surface area contributed by atoms with Crippen LogP contribution in [-0.2, 0) is 0 Å². The van der Waals surface area contributed by atoms with Crippen LogP contribution in [0, 0.1) is 12.7 Å². The lowest BCUT2D eigenvalue weighted by atomic mass is 10.1. The molecule has 0 bridgehead atoms. The Morgan fingerprint density at radius 1 is 1.00 bits per heavy atom. The van der Waals surface area contributed by atoms with Gasteiger partial charge in [-0.05, 0) is 37.3 Å². The Labute approximate surface area is 181 Å². The number of methoxy groups -OCH3 is 2. The summed E-state index contributed by atoms with van der Waals surface area (Å²) < 4.78 is 25.8. The molecule has 0 saturated heterocycles. The maximum absolute atomic E-state index is 13.8. The number of carbonyl (C=O) groups excluding carboxylic acids is 2. The highest BCUT2D eigenvalue weighted by Gasteiger charge is 2.41. The van der Waals surface area contributed by atoms with Crippen molar-refractivity contribution in [1.29, 1.82) is 0 Å². The molecule has 2 amide bonds. The summed E-state index contributed by atoms with van der Waals surface area (Å²) in [4.78, 5) is 32.1. The lowest BCUT2D eigenvalue weighted by Gasteiger charge is -2.18. The molecule has 3 heterocycles. The number of halogens is 1. The number of fused-ring (bicyclic) bond motifs is 3. The zero-order valence-electron chi connectivity index (χ0n) is 17.4. The van der Waals surface area contributed by atoms with Crippen LogP contribution in [0.15, 0.2) is 48.7 Å². The summed E-state index contributed by atoms with van der Waals surface area (Å²) in [5.41, 5.74) is 1.99. The zero-order valence-corrected chi connectivity index (χ0v) is 17.4. The molecule has 0 radical (unpaired) electrons. The smallest absolute Gasteiger partial charge is 0.267 e. The van der Waals surface area contributed by atoms with Crippen molar-refractivity contribution in [2.45, 2.75) is 6.92 Å². The molecular weight excluding hydrogens is 415 g/mol. The molecule has 0 N–H and O–H groups in total. The molecular formula is C23H17FN4O4. The number of nitrogens with zero attached hydrogens (tertiary/aromatic N) is 4. The first-order valence-electron chi connectivity index (χ1n) is 9.69. The zero-order chi connectivity index (χ0) is 22.6. The SMILES string of the molecule is COc1ccc(N2C(=O)c3cnc4c(c(C)nn4-c4cccc(F)c4)c3C2=O)c(OC)c1. The van der Waals surface area contributed by atoms with Crippen LogP contribution < -0.4 is 14.4 Å². The Morgan fingerprint density at radius 3 is 2.53 bits per heavy atom. The van der Waals surface area contributed by atoms with Crippen molar-refractivity contribution < 1.29 is 23.5 Å². The van der Waals surface area contributed by atoms with Gasteiger partial charge in [0.2, 0.25) is 0 Å². The van der Waals surface area contributed by atoms with Gasteiger partial charge in [0.1, 0.15) is 17.3 Å². The Hall–Kier alpha value is -4.27. The van der Waals surface area contributed by atoms with Gasteiger partial charge in [0.25, 0.3) is 11.8 Å². The van der Waals surface area contributed by atoms with Crippen molar-refractivity contribution in [2.75, 3.05) is 19.1 Å². The third-order valence-electron chi connectivity index (χ3n) is 5.40. The van der Waals surface area contributed by atoms with Gasteiger partial charge in [0.05, 0.1) is 47.8 Å².